The van der Waals surface area contributed by atoms with Crippen molar-refractivity contribution < 1.29 is 14.3 Å². The van der Waals surface area contributed by atoms with Gasteiger partial charge in [0.1, 0.15) is 11.9 Å². The van der Waals surface area contributed by atoms with Gasteiger partial charge in [0.2, 0.25) is 0 Å². The zero-order chi connectivity index (χ0) is 14.5. The molecule has 2 rings (SSSR count). The van der Waals surface area contributed by atoms with Crippen molar-refractivity contribution in [3.63, 3.8) is 0 Å². The average Bonchev–Trinajstić information content (AvgIpc) is 2.98. The lowest BCUT2D eigenvalue weighted by molar-refractivity contribution is -0.142. The number of methoxy groups -OCH3 is 2. The number of likely N-dealkylation sites (tertiary alicyclic amines) is 1. The predicted octanol–water partition coefficient (Wildman–Crippen LogP) is 1.75. The van der Waals surface area contributed by atoms with Crippen molar-refractivity contribution in [1.82, 2.24) is 4.90 Å². The number of hydrogen-bond acceptors (Lipinski definition) is 4. The number of halogens is 1. The standard InChI is InChI=1S/C15H22N2O3.ClH/c1-19-12-6-3-5-11(9-12)13-7-4-8-17(13)15(18)14(10-16)20-2;/h3,5-6,9,13-14H,4,7-8,10,16H2,1-2H3;1H. The summed E-state index contributed by atoms with van der Waals surface area (Å²) in [6.07, 6.45) is 1.40. The lowest BCUT2D eigenvalue weighted by atomic mass is 10.0. The second-order valence-electron chi connectivity index (χ2n) is 4.93. The summed E-state index contributed by atoms with van der Waals surface area (Å²) in [7, 11) is 3.16. The average molecular weight is 315 g/mol. The van der Waals surface area contributed by atoms with Crippen LogP contribution in [0.2, 0.25) is 0 Å². The largest absolute Gasteiger partial charge is 0.497 e. The van der Waals surface area contributed by atoms with Crippen LogP contribution in [0.3, 0.4) is 0 Å². The van der Waals surface area contributed by atoms with Gasteiger partial charge < -0.3 is 20.1 Å². The zero-order valence-electron chi connectivity index (χ0n) is 12.5. The Morgan fingerprint density at radius 1 is 1.48 bits per heavy atom. The van der Waals surface area contributed by atoms with E-state index in [9.17, 15) is 4.79 Å². The van der Waals surface area contributed by atoms with Crippen LogP contribution in [0, 0.1) is 0 Å². The first-order valence-corrected chi connectivity index (χ1v) is 6.88. The molecule has 1 fully saturated rings. The number of nitrogens with two attached hydrogens (primary N) is 1. The molecule has 2 N–H and O–H groups in total. The van der Waals surface area contributed by atoms with E-state index >= 15 is 0 Å². The SMILES string of the molecule is COc1cccc(C2CCCN2C(=O)C(CN)OC)c1.Cl. The molecule has 2 unspecified atom stereocenters. The Bertz CT molecular complexity index is 466. The van der Waals surface area contributed by atoms with E-state index in [1.54, 1.807) is 7.11 Å². The minimum Gasteiger partial charge on any atom is -0.497 e. The Morgan fingerprint density at radius 3 is 2.86 bits per heavy atom. The highest BCUT2D eigenvalue weighted by Crippen LogP contribution is 2.33. The molecule has 0 radical (unpaired) electrons. The minimum absolute atomic E-state index is 0. The van der Waals surface area contributed by atoms with Gasteiger partial charge in [0.15, 0.2) is 0 Å². The van der Waals surface area contributed by atoms with Gasteiger partial charge in [-0.25, -0.2) is 0 Å². The molecule has 5 nitrogen and oxygen atoms in total. The van der Waals surface area contributed by atoms with E-state index in [1.165, 1.54) is 7.11 Å². The molecule has 2 atom stereocenters. The Labute approximate surface area is 131 Å². The van der Waals surface area contributed by atoms with Crippen molar-refractivity contribution >= 4 is 18.3 Å². The second kappa shape index (κ2) is 8.22. The summed E-state index contributed by atoms with van der Waals surface area (Å²) in [6.45, 7) is 0.956. The van der Waals surface area contributed by atoms with Crippen LogP contribution in [0.4, 0.5) is 0 Å². The highest BCUT2D eigenvalue weighted by Gasteiger charge is 2.33. The lowest BCUT2D eigenvalue weighted by Crippen LogP contribution is -2.43. The molecule has 1 amide bonds. The highest BCUT2D eigenvalue weighted by atomic mass is 35.5. The molecule has 0 bridgehead atoms. The predicted molar refractivity (Wildman–Crippen MR) is 83.8 cm³/mol. The number of benzene rings is 1. The molecule has 1 heterocycles. The van der Waals surface area contributed by atoms with Gasteiger partial charge in [-0.15, -0.1) is 12.4 Å². The topological polar surface area (TPSA) is 64.8 Å². The van der Waals surface area contributed by atoms with Crippen LogP contribution in [0.25, 0.3) is 0 Å². The van der Waals surface area contributed by atoms with Crippen molar-refractivity contribution in [3.8, 4) is 5.75 Å². The fourth-order valence-corrected chi connectivity index (χ4v) is 2.71. The van der Waals surface area contributed by atoms with Gasteiger partial charge in [-0.05, 0) is 30.5 Å². The van der Waals surface area contributed by atoms with Gasteiger partial charge in [0.05, 0.1) is 13.2 Å². The molecule has 1 aliphatic heterocycles. The van der Waals surface area contributed by atoms with Crippen molar-refractivity contribution in [2.45, 2.75) is 25.0 Å². The molecule has 1 aromatic carbocycles. The summed E-state index contributed by atoms with van der Waals surface area (Å²) in [5.41, 5.74) is 6.69. The smallest absolute Gasteiger partial charge is 0.253 e. The molecule has 6 heteroatoms. The first-order valence-electron chi connectivity index (χ1n) is 6.88. The number of carbonyl (C=O) groups is 1. The molecule has 0 spiro atoms. The van der Waals surface area contributed by atoms with E-state index in [4.69, 9.17) is 15.2 Å². The summed E-state index contributed by atoms with van der Waals surface area (Å²) >= 11 is 0. The van der Waals surface area contributed by atoms with E-state index in [0.717, 1.165) is 30.7 Å². The summed E-state index contributed by atoms with van der Waals surface area (Å²) in [5, 5.41) is 0. The normalized spacial score (nSPS) is 19.0. The third-order valence-corrected chi connectivity index (χ3v) is 3.79. The maximum atomic E-state index is 12.4. The number of rotatable bonds is 5. The van der Waals surface area contributed by atoms with Crippen LogP contribution in [0.1, 0.15) is 24.4 Å². The van der Waals surface area contributed by atoms with Gasteiger partial charge in [0, 0.05) is 20.2 Å². The van der Waals surface area contributed by atoms with E-state index in [1.807, 2.05) is 29.2 Å². The molecule has 1 aliphatic rings. The molecular formula is C15H23ClN2O3. The van der Waals surface area contributed by atoms with Crippen molar-refractivity contribution in [2.24, 2.45) is 5.73 Å². The Balaban J connectivity index is 0.00000220. The molecule has 0 aliphatic carbocycles. The summed E-state index contributed by atoms with van der Waals surface area (Å²) in [4.78, 5) is 14.3. The molecule has 1 saturated heterocycles. The number of carbonyl (C=O) groups excluding carboxylic acids is 1. The van der Waals surface area contributed by atoms with Crippen LogP contribution in [-0.4, -0.2) is 44.2 Å². The van der Waals surface area contributed by atoms with E-state index in [0.29, 0.717) is 0 Å². The van der Waals surface area contributed by atoms with E-state index in [2.05, 4.69) is 0 Å². The van der Waals surface area contributed by atoms with E-state index in [-0.39, 0.29) is 30.9 Å². The second-order valence-corrected chi connectivity index (χ2v) is 4.93. The third kappa shape index (κ3) is 3.87. The number of hydrogen-bond donors (Lipinski definition) is 1. The van der Waals surface area contributed by atoms with Crippen molar-refractivity contribution in [2.75, 3.05) is 27.3 Å². The van der Waals surface area contributed by atoms with Gasteiger partial charge >= 0.3 is 0 Å². The minimum atomic E-state index is -0.554. The Morgan fingerprint density at radius 2 is 2.24 bits per heavy atom. The van der Waals surface area contributed by atoms with Gasteiger partial charge in [0.25, 0.3) is 5.91 Å². The van der Waals surface area contributed by atoms with Crippen molar-refractivity contribution in [1.29, 1.82) is 0 Å². The van der Waals surface area contributed by atoms with Gasteiger partial charge in [-0.3, -0.25) is 4.79 Å². The quantitative estimate of drug-likeness (QED) is 0.899. The summed E-state index contributed by atoms with van der Waals surface area (Å²) < 4.78 is 10.4. The molecule has 0 saturated carbocycles. The lowest BCUT2D eigenvalue weighted by Gasteiger charge is -2.28. The molecule has 1 aromatic rings. The van der Waals surface area contributed by atoms with Crippen LogP contribution in [-0.2, 0) is 9.53 Å². The molecule has 118 valence electrons. The number of nitrogens with zero attached hydrogens (tertiary/aromatic N) is 1. The fraction of sp³-hybridized carbons (Fsp3) is 0.533. The van der Waals surface area contributed by atoms with Gasteiger partial charge in [-0.2, -0.15) is 0 Å². The van der Waals surface area contributed by atoms with Crippen molar-refractivity contribution in [3.05, 3.63) is 29.8 Å². The zero-order valence-corrected chi connectivity index (χ0v) is 13.3. The van der Waals surface area contributed by atoms with E-state index < -0.39 is 6.10 Å². The van der Waals surface area contributed by atoms with Crippen LogP contribution < -0.4 is 10.5 Å². The first kappa shape index (κ1) is 17.8. The molecule has 21 heavy (non-hydrogen) atoms. The highest BCUT2D eigenvalue weighted by molar-refractivity contribution is 5.85. The summed E-state index contributed by atoms with van der Waals surface area (Å²) in [6, 6.07) is 7.96. The maximum Gasteiger partial charge on any atom is 0.253 e. The fourth-order valence-electron chi connectivity index (χ4n) is 2.71. The van der Waals surface area contributed by atoms with Gasteiger partial charge in [-0.1, -0.05) is 12.1 Å². The summed E-state index contributed by atoms with van der Waals surface area (Å²) in [5.74, 6) is 0.782. The Hall–Kier alpha value is -1.30. The van der Waals surface area contributed by atoms with Crippen LogP contribution in [0.5, 0.6) is 5.75 Å². The van der Waals surface area contributed by atoms with Crippen LogP contribution >= 0.6 is 12.4 Å². The number of amides is 1. The third-order valence-electron chi connectivity index (χ3n) is 3.79. The number of ether oxygens (including phenoxy) is 2. The first-order chi connectivity index (χ1) is 9.71. The maximum absolute atomic E-state index is 12.4. The molecule has 0 aromatic heterocycles. The monoisotopic (exact) mass is 314 g/mol. The Kier molecular flexibility index (Phi) is 6.95. The van der Waals surface area contributed by atoms with Crippen LogP contribution in [0.15, 0.2) is 24.3 Å². The molecular weight excluding hydrogens is 292 g/mol.